The smallest absolute Gasteiger partial charge is 0.146 e. The van der Waals surface area contributed by atoms with Gasteiger partial charge in [0.15, 0.2) is 0 Å². The Morgan fingerprint density at radius 3 is 2.57 bits per heavy atom. The summed E-state index contributed by atoms with van der Waals surface area (Å²) in [4.78, 5) is 8.80. The van der Waals surface area contributed by atoms with E-state index >= 15 is 0 Å². The first-order valence-corrected chi connectivity index (χ1v) is 7.72. The molecule has 1 aromatic carbocycles. The molecule has 0 saturated heterocycles. The largest absolute Gasteiger partial charge is 0.495 e. The van der Waals surface area contributed by atoms with Crippen LogP contribution in [0.2, 0.25) is 5.15 Å². The van der Waals surface area contributed by atoms with E-state index in [0.29, 0.717) is 16.7 Å². The molecule has 0 saturated carbocycles. The van der Waals surface area contributed by atoms with Crippen LogP contribution in [0.1, 0.15) is 19.2 Å². The van der Waals surface area contributed by atoms with E-state index < -0.39 is 0 Å². The number of hydrogen-bond acceptors (Lipinski definition) is 4. The molecule has 0 atom stereocenters. The summed E-state index contributed by atoms with van der Waals surface area (Å²) in [6.45, 7) is 2.08. The molecule has 6 heteroatoms. The highest BCUT2D eigenvalue weighted by molar-refractivity contribution is 9.10. The fourth-order valence-corrected chi connectivity index (χ4v) is 2.91. The number of nitrogens with zero attached hydrogens (tertiary/aromatic N) is 2. The number of methoxy groups -OCH3 is 2. The SMILES string of the molecule is CCCc1nc(Cl)cc(-c2ccc(OC)c(Br)c2OC)n1. The van der Waals surface area contributed by atoms with Crippen LogP contribution in [0.15, 0.2) is 22.7 Å². The minimum Gasteiger partial charge on any atom is -0.495 e. The molecule has 0 unspecified atom stereocenters. The van der Waals surface area contributed by atoms with Crippen LogP contribution in [0.3, 0.4) is 0 Å². The second-order valence-electron chi connectivity index (χ2n) is 4.40. The van der Waals surface area contributed by atoms with Crippen molar-refractivity contribution in [3.05, 3.63) is 33.6 Å². The van der Waals surface area contributed by atoms with Crippen molar-refractivity contribution in [2.45, 2.75) is 19.8 Å². The van der Waals surface area contributed by atoms with Crippen molar-refractivity contribution >= 4 is 27.5 Å². The molecule has 0 aliphatic rings. The first-order valence-electron chi connectivity index (χ1n) is 6.55. The summed E-state index contributed by atoms with van der Waals surface area (Å²) >= 11 is 9.59. The summed E-state index contributed by atoms with van der Waals surface area (Å²) in [6.07, 6.45) is 1.75. The first kappa shape index (κ1) is 16.0. The van der Waals surface area contributed by atoms with Crippen molar-refractivity contribution in [2.75, 3.05) is 14.2 Å². The molecule has 1 aromatic heterocycles. The molecule has 0 N–H and O–H groups in total. The maximum atomic E-state index is 6.10. The van der Waals surface area contributed by atoms with E-state index in [1.807, 2.05) is 12.1 Å². The Labute approximate surface area is 137 Å². The fraction of sp³-hybridized carbons (Fsp3) is 0.333. The van der Waals surface area contributed by atoms with Gasteiger partial charge in [0.2, 0.25) is 0 Å². The lowest BCUT2D eigenvalue weighted by Crippen LogP contribution is -1.99. The zero-order valence-corrected chi connectivity index (χ0v) is 14.5. The molecular weight excluding hydrogens is 356 g/mol. The van der Waals surface area contributed by atoms with Crippen LogP contribution < -0.4 is 9.47 Å². The molecule has 0 radical (unpaired) electrons. The lowest BCUT2D eigenvalue weighted by molar-refractivity contribution is 0.390. The van der Waals surface area contributed by atoms with Gasteiger partial charge in [0.1, 0.15) is 26.9 Å². The van der Waals surface area contributed by atoms with Crippen molar-refractivity contribution in [3.63, 3.8) is 0 Å². The predicted octanol–water partition coefficient (Wildman–Crippen LogP) is 4.53. The number of hydrogen-bond donors (Lipinski definition) is 0. The van der Waals surface area contributed by atoms with Crippen molar-refractivity contribution in [1.29, 1.82) is 0 Å². The number of benzene rings is 1. The zero-order valence-electron chi connectivity index (χ0n) is 12.1. The summed E-state index contributed by atoms with van der Waals surface area (Å²) in [7, 11) is 3.22. The maximum absolute atomic E-state index is 6.10. The monoisotopic (exact) mass is 370 g/mol. The van der Waals surface area contributed by atoms with Gasteiger partial charge in [-0.15, -0.1) is 0 Å². The first-order chi connectivity index (χ1) is 10.1. The lowest BCUT2D eigenvalue weighted by atomic mass is 10.1. The summed E-state index contributed by atoms with van der Waals surface area (Å²) in [6, 6.07) is 5.49. The van der Waals surface area contributed by atoms with Gasteiger partial charge in [0, 0.05) is 18.1 Å². The highest BCUT2D eigenvalue weighted by atomic mass is 79.9. The minimum absolute atomic E-state index is 0.428. The third-order valence-corrected chi connectivity index (χ3v) is 3.92. The van der Waals surface area contributed by atoms with Crippen LogP contribution in [0.25, 0.3) is 11.3 Å². The van der Waals surface area contributed by atoms with Gasteiger partial charge in [-0.25, -0.2) is 9.97 Å². The lowest BCUT2D eigenvalue weighted by Gasteiger charge is -2.13. The Kier molecular flexibility index (Phi) is 5.42. The quantitative estimate of drug-likeness (QED) is 0.724. The molecule has 112 valence electrons. The van der Waals surface area contributed by atoms with E-state index in [2.05, 4.69) is 32.8 Å². The summed E-state index contributed by atoms with van der Waals surface area (Å²) in [5.41, 5.74) is 1.57. The van der Waals surface area contributed by atoms with Crippen molar-refractivity contribution in [2.24, 2.45) is 0 Å². The molecule has 0 fully saturated rings. The Hall–Kier alpha value is -1.33. The summed E-state index contributed by atoms with van der Waals surface area (Å²) < 4.78 is 11.5. The predicted molar refractivity (Wildman–Crippen MR) is 87.3 cm³/mol. The number of aryl methyl sites for hydroxylation is 1. The average molecular weight is 372 g/mol. The summed E-state index contributed by atoms with van der Waals surface area (Å²) in [5, 5.41) is 0.428. The van der Waals surface area contributed by atoms with E-state index in [1.54, 1.807) is 20.3 Å². The standard InChI is InChI=1S/C15H16BrClN2O2/c1-4-5-13-18-10(8-12(17)19-13)9-6-7-11(20-2)14(16)15(9)21-3/h6-8H,4-5H2,1-3H3. The van der Waals surface area contributed by atoms with Crippen LogP contribution >= 0.6 is 27.5 Å². The second kappa shape index (κ2) is 7.09. The average Bonchev–Trinajstić information content (AvgIpc) is 2.46. The van der Waals surface area contributed by atoms with E-state index in [-0.39, 0.29) is 0 Å². The Morgan fingerprint density at radius 1 is 1.19 bits per heavy atom. The number of aromatic nitrogens is 2. The highest BCUT2D eigenvalue weighted by Gasteiger charge is 2.16. The molecule has 0 aliphatic carbocycles. The van der Waals surface area contributed by atoms with Crippen LogP contribution in [0, 0.1) is 0 Å². The van der Waals surface area contributed by atoms with Crippen LogP contribution in [-0.4, -0.2) is 24.2 Å². The fourth-order valence-electron chi connectivity index (χ4n) is 2.03. The van der Waals surface area contributed by atoms with E-state index in [0.717, 1.165) is 34.4 Å². The van der Waals surface area contributed by atoms with Crippen LogP contribution in [0.4, 0.5) is 0 Å². The second-order valence-corrected chi connectivity index (χ2v) is 5.58. The van der Waals surface area contributed by atoms with Gasteiger partial charge in [-0.1, -0.05) is 18.5 Å². The van der Waals surface area contributed by atoms with Gasteiger partial charge in [0.05, 0.1) is 19.9 Å². The normalized spacial score (nSPS) is 10.5. The third-order valence-electron chi connectivity index (χ3n) is 2.98. The van der Waals surface area contributed by atoms with Gasteiger partial charge >= 0.3 is 0 Å². The number of ether oxygens (including phenoxy) is 2. The minimum atomic E-state index is 0.428. The third kappa shape index (κ3) is 3.47. The van der Waals surface area contributed by atoms with Gasteiger partial charge in [0.25, 0.3) is 0 Å². The molecule has 0 spiro atoms. The number of rotatable bonds is 5. The Morgan fingerprint density at radius 2 is 1.95 bits per heavy atom. The molecule has 4 nitrogen and oxygen atoms in total. The van der Waals surface area contributed by atoms with Crippen molar-refractivity contribution < 1.29 is 9.47 Å². The highest BCUT2D eigenvalue weighted by Crippen LogP contribution is 2.41. The van der Waals surface area contributed by atoms with Crippen LogP contribution in [-0.2, 0) is 6.42 Å². The zero-order chi connectivity index (χ0) is 15.4. The van der Waals surface area contributed by atoms with Gasteiger partial charge < -0.3 is 9.47 Å². The number of halogens is 2. The van der Waals surface area contributed by atoms with Gasteiger partial charge in [-0.2, -0.15) is 0 Å². The van der Waals surface area contributed by atoms with Crippen molar-refractivity contribution in [1.82, 2.24) is 9.97 Å². The van der Waals surface area contributed by atoms with Crippen LogP contribution in [0.5, 0.6) is 11.5 Å². The van der Waals surface area contributed by atoms with E-state index in [9.17, 15) is 0 Å². The topological polar surface area (TPSA) is 44.2 Å². The van der Waals surface area contributed by atoms with Gasteiger partial charge in [-0.05, 0) is 34.5 Å². The van der Waals surface area contributed by atoms with E-state index in [4.69, 9.17) is 21.1 Å². The van der Waals surface area contributed by atoms with Gasteiger partial charge in [-0.3, -0.25) is 0 Å². The molecule has 2 aromatic rings. The molecule has 21 heavy (non-hydrogen) atoms. The van der Waals surface area contributed by atoms with Crippen molar-refractivity contribution in [3.8, 4) is 22.8 Å². The molecular formula is C15H16BrClN2O2. The van der Waals surface area contributed by atoms with E-state index in [1.165, 1.54) is 0 Å². The molecule has 2 rings (SSSR count). The Balaban J connectivity index is 2.58. The molecule has 0 bridgehead atoms. The maximum Gasteiger partial charge on any atom is 0.146 e. The summed E-state index contributed by atoms with van der Waals surface area (Å²) in [5.74, 6) is 2.09. The molecule has 1 heterocycles. The molecule has 0 amide bonds. The Bertz CT molecular complexity index is 650. The molecule has 0 aliphatic heterocycles.